The van der Waals surface area contributed by atoms with Crippen molar-refractivity contribution in [2.75, 3.05) is 18.4 Å². The standard InChI is InChI=1S/C16H17Cl2N3O3S2/c1-10-9-25-16(19-10)20-15(22)11-5-7-21(8-6-11)26(23,24)13-4-2-3-12(17)14(13)18/h2-4,9,11H,5-8H2,1H3,(H,19,20,22). The molecule has 0 unspecified atom stereocenters. The SMILES string of the molecule is Cc1csc(NC(=O)C2CCN(S(=O)(=O)c3cccc(Cl)c3Cl)CC2)n1. The van der Waals surface area contributed by atoms with Gasteiger partial charge in [-0.25, -0.2) is 13.4 Å². The molecule has 6 nitrogen and oxygen atoms in total. The third-order valence-corrected chi connectivity index (χ3v) is 7.96. The third kappa shape index (κ3) is 4.04. The van der Waals surface area contributed by atoms with Crippen LogP contribution in [0.1, 0.15) is 18.5 Å². The van der Waals surface area contributed by atoms with E-state index in [0.717, 1.165) is 5.69 Å². The second kappa shape index (κ2) is 7.82. The molecule has 0 bridgehead atoms. The van der Waals surface area contributed by atoms with Crippen molar-refractivity contribution in [3.8, 4) is 0 Å². The number of benzene rings is 1. The highest BCUT2D eigenvalue weighted by Crippen LogP contribution is 2.32. The summed E-state index contributed by atoms with van der Waals surface area (Å²) in [5, 5.41) is 5.44. The van der Waals surface area contributed by atoms with E-state index < -0.39 is 10.0 Å². The summed E-state index contributed by atoms with van der Waals surface area (Å²) >= 11 is 13.4. The van der Waals surface area contributed by atoms with Crippen molar-refractivity contribution in [2.24, 2.45) is 5.92 Å². The number of aromatic nitrogens is 1. The van der Waals surface area contributed by atoms with E-state index in [1.54, 1.807) is 12.1 Å². The Bertz CT molecular complexity index is 923. The van der Waals surface area contributed by atoms with E-state index >= 15 is 0 Å². The van der Waals surface area contributed by atoms with E-state index in [0.29, 0.717) is 18.0 Å². The molecule has 2 heterocycles. The van der Waals surface area contributed by atoms with E-state index in [9.17, 15) is 13.2 Å². The molecule has 26 heavy (non-hydrogen) atoms. The highest BCUT2D eigenvalue weighted by Gasteiger charge is 2.33. The number of halogens is 2. The third-order valence-electron chi connectivity index (χ3n) is 4.21. The Morgan fingerprint density at radius 3 is 2.62 bits per heavy atom. The molecule has 1 aliphatic rings. The van der Waals surface area contributed by atoms with Crippen LogP contribution in [-0.4, -0.2) is 36.7 Å². The van der Waals surface area contributed by atoms with E-state index in [1.165, 1.54) is 21.7 Å². The molecule has 1 amide bonds. The maximum atomic E-state index is 12.8. The normalized spacial score (nSPS) is 16.6. The minimum Gasteiger partial charge on any atom is -0.302 e. The predicted molar refractivity (Wildman–Crippen MR) is 103 cm³/mol. The summed E-state index contributed by atoms with van der Waals surface area (Å²) in [6.45, 7) is 2.36. The van der Waals surface area contributed by atoms with Gasteiger partial charge in [-0.3, -0.25) is 4.79 Å². The van der Waals surface area contributed by atoms with Gasteiger partial charge in [0.15, 0.2) is 5.13 Å². The van der Waals surface area contributed by atoms with Crippen molar-refractivity contribution < 1.29 is 13.2 Å². The topological polar surface area (TPSA) is 79.4 Å². The Balaban J connectivity index is 1.66. The van der Waals surface area contributed by atoms with Crippen molar-refractivity contribution in [1.82, 2.24) is 9.29 Å². The lowest BCUT2D eigenvalue weighted by Crippen LogP contribution is -2.41. The Labute approximate surface area is 166 Å². The van der Waals surface area contributed by atoms with Crippen LogP contribution in [0.15, 0.2) is 28.5 Å². The summed E-state index contributed by atoms with van der Waals surface area (Å²) < 4.78 is 27.0. The Morgan fingerprint density at radius 2 is 2.00 bits per heavy atom. The maximum absolute atomic E-state index is 12.8. The number of amides is 1. The number of hydrogen-bond acceptors (Lipinski definition) is 5. The summed E-state index contributed by atoms with van der Waals surface area (Å²) in [7, 11) is -3.74. The number of aryl methyl sites for hydroxylation is 1. The molecule has 3 rings (SSSR count). The molecule has 140 valence electrons. The van der Waals surface area contributed by atoms with Gasteiger partial charge in [0.1, 0.15) is 4.90 Å². The number of nitrogens with zero attached hydrogens (tertiary/aromatic N) is 2. The summed E-state index contributed by atoms with van der Waals surface area (Å²) in [5.74, 6) is -0.377. The Kier molecular flexibility index (Phi) is 5.88. The largest absolute Gasteiger partial charge is 0.302 e. The van der Waals surface area contributed by atoms with E-state index in [4.69, 9.17) is 23.2 Å². The fourth-order valence-electron chi connectivity index (χ4n) is 2.80. The van der Waals surface area contributed by atoms with Gasteiger partial charge in [-0.05, 0) is 31.9 Å². The molecule has 1 aromatic heterocycles. The number of rotatable bonds is 4. The molecule has 0 saturated carbocycles. The van der Waals surface area contributed by atoms with Crippen molar-refractivity contribution >= 4 is 55.6 Å². The number of carbonyl (C=O) groups excluding carboxylic acids is 1. The lowest BCUT2D eigenvalue weighted by atomic mass is 9.97. The molecule has 10 heteroatoms. The van der Waals surface area contributed by atoms with Gasteiger partial charge in [-0.2, -0.15) is 4.31 Å². The second-order valence-corrected chi connectivity index (χ2v) is 9.56. The summed E-state index contributed by atoms with van der Waals surface area (Å²) in [4.78, 5) is 16.6. The van der Waals surface area contributed by atoms with Gasteiger partial charge >= 0.3 is 0 Å². The summed E-state index contributed by atoms with van der Waals surface area (Å²) in [5.41, 5.74) is 0.851. The van der Waals surface area contributed by atoms with Crippen LogP contribution in [0.3, 0.4) is 0 Å². The van der Waals surface area contributed by atoms with Crippen LogP contribution in [0, 0.1) is 12.8 Å². The fourth-order valence-corrected chi connectivity index (χ4v) is 5.70. The van der Waals surface area contributed by atoms with E-state index in [2.05, 4.69) is 10.3 Å². The number of nitrogens with one attached hydrogen (secondary N) is 1. The molecule has 1 fully saturated rings. The molecular formula is C16H17Cl2N3O3S2. The van der Waals surface area contributed by atoms with Crippen LogP contribution in [-0.2, 0) is 14.8 Å². The molecule has 1 saturated heterocycles. The van der Waals surface area contributed by atoms with Crippen LogP contribution in [0.2, 0.25) is 10.0 Å². The maximum Gasteiger partial charge on any atom is 0.244 e. The molecule has 2 aromatic rings. The predicted octanol–water partition coefficient (Wildman–Crippen LogP) is 3.80. The average molecular weight is 434 g/mol. The first kappa shape index (κ1) is 19.6. The number of carbonyl (C=O) groups is 1. The zero-order chi connectivity index (χ0) is 18.9. The van der Waals surface area contributed by atoms with Crippen molar-refractivity contribution in [2.45, 2.75) is 24.7 Å². The molecule has 1 aromatic carbocycles. The molecule has 1 aliphatic heterocycles. The number of hydrogen-bond donors (Lipinski definition) is 1. The highest BCUT2D eigenvalue weighted by atomic mass is 35.5. The smallest absolute Gasteiger partial charge is 0.244 e. The number of piperidine rings is 1. The monoisotopic (exact) mass is 433 g/mol. The quantitative estimate of drug-likeness (QED) is 0.794. The van der Waals surface area contributed by atoms with Gasteiger partial charge < -0.3 is 5.32 Å². The Morgan fingerprint density at radius 1 is 1.31 bits per heavy atom. The van der Waals surface area contributed by atoms with Gasteiger partial charge in [0, 0.05) is 24.4 Å². The van der Waals surface area contributed by atoms with Crippen molar-refractivity contribution in [1.29, 1.82) is 0 Å². The van der Waals surface area contributed by atoms with Crippen LogP contribution < -0.4 is 5.32 Å². The first-order valence-electron chi connectivity index (χ1n) is 7.96. The lowest BCUT2D eigenvalue weighted by Gasteiger charge is -2.30. The zero-order valence-electron chi connectivity index (χ0n) is 13.9. The fraction of sp³-hybridized carbons (Fsp3) is 0.375. The first-order valence-corrected chi connectivity index (χ1v) is 11.0. The van der Waals surface area contributed by atoms with Crippen LogP contribution in [0.5, 0.6) is 0 Å². The van der Waals surface area contributed by atoms with E-state index in [-0.39, 0.29) is 39.9 Å². The Hall–Kier alpha value is -1.19. The minimum atomic E-state index is -3.74. The molecule has 0 radical (unpaired) electrons. The highest BCUT2D eigenvalue weighted by molar-refractivity contribution is 7.89. The minimum absolute atomic E-state index is 0.00664. The van der Waals surface area contributed by atoms with Gasteiger partial charge in [0.05, 0.1) is 15.7 Å². The molecule has 0 aliphatic carbocycles. The van der Waals surface area contributed by atoms with Crippen molar-refractivity contribution in [3.63, 3.8) is 0 Å². The van der Waals surface area contributed by atoms with Gasteiger partial charge in [0.2, 0.25) is 15.9 Å². The van der Waals surface area contributed by atoms with Gasteiger partial charge in [0.25, 0.3) is 0 Å². The average Bonchev–Trinajstić information content (AvgIpc) is 3.02. The second-order valence-electron chi connectivity index (χ2n) is 6.01. The first-order chi connectivity index (χ1) is 12.3. The number of thiazole rings is 1. The molecule has 0 atom stereocenters. The molecule has 0 spiro atoms. The summed E-state index contributed by atoms with van der Waals surface area (Å²) in [6, 6.07) is 4.53. The number of sulfonamides is 1. The number of anilines is 1. The van der Waals surface area contributed by atoms with Gasteiger partial charge in [-0.15, -0.1) is 11.3 Å². The zero-order valence-corrected chi connectivity index (χ0v) is 17.1. The molecule has 1 N–H and O–H groups in total. The van der Waals surface area contributed by atoms with Crippen molar-refractivity contribution in [3.05, 3.63) is 39.3 Å². The lowest BCUT2D eigenvalue weighted by molar-refractivity contribution is -0.120. The van der Waals surface area contributed by atoms with E-state index in [1.807, 2.05) is 12.3 Å². The summed E-state index contributed by atoms with van der Waals surface area (Å²) in [6.07, 6.45) is 0.876. The van der Waals surface area contributed by atoms with Crippen LogP contribution in [0.4, 0.5) is 5.13 Å². The van der Waals surface area contributed by atoms with Crippen LogP contribution in [0.25, 0.3) is 0 Å². The van der Waals surface area contributed by atoms with Crippen LogP contribution >= 0.6 is 34.5 Å². The van der Waals surface area contributed by atoms with Gasteiger partial charge in [-0.1, -0.05) is 29.3 Å². The molecular weight excluding hydrogens is 417 g/mol.